The first kappa shape index (κ1) is 13.9. The van der Waals surface area contributed by atoms with E-state index in [1.54, 1.807) is 0 Å². The SMILES string of the molecule is CNC(C)CCCCN1CCN(C)C(C)C1. The van der Waals surface area contributed by atoms with Crippen LogP contribution in [-0.2, 0) is 0 Å². The molecule has 2 unspecified atom stereocenters. The van der Waals surface area contributed by atoms with E-state index in [1.165, 1.54) is 45.4 Å². The second-order valence-corrected chi connectivity index (χ2v) is 5.32. The summed E-state index contributed by atoms with van der Waals surface area (Å²) in [7, 11) is 4.28. The summed E-state index contributed by atoms with van der Waals surface area (Å²) in [4.78, 5) is 5.08. The zero-order chi connectivity index (χ0) is 12.0. The smallest absolute Gasteiger partial charge is 0.0192 e. The molecule has 96 valence electrons. The maximum Gasteiger partial charge on any atom is 0.0192 e. The summed E-state index contributed by atoms with van der Waals surface area (Å²) in [5.74, 6) is 0. The lowest BCUT2D eigenvalue weighted by atomic mass is 10.1. The monoisotopic (exact) mass is 227 g/mol. The average Bonchev–Trinajstić information content (AvgIpc) is 2.28. The molecule has 0 aromatic heterocycles. The predicted molar refractivity (Wildman–Crippen MR) is 70.9 cm³/mol. The van der Waals surface area contributed by atoms with Gasteiger partial charge in [0.25, 0.3) is 0 Å². The van der Waals surface area contributed by atoms with Crippen molar-refractivity contribution >= 4 is 0 Å². The summed E-state index contributed by atoms with van der Waals surface area (Å²) in [5.41, 5.74) is 0. The van der Waals surface area contributed by atoms with Crippen LogP contribution in [0.5, 0.6) is 0 Å². The van der Waals surface area contributed by atoms with Gasteiger partial charge in [-0.25, -0.2) is 0 Å². The summed E-state index contributed by atoms with van der Waals surface area (Å²) < 4.78 is 0. The molecule has 0 amide bonds. The van der Waals surface area contributed by atoms with Crippen LogP contribution in [0.1, 0.15) is 33.1 Å². The number of unbranched alkanes of at least 4 members (excludes halogenated alkanes) is 1. The Kier molecular flexibility index (Phi) is 6.32. The van der Waals surface area contributed by atoms with Crippen LogP contribution < -0.4 is 5.32 Å². The Morgan fingerprint density at radius 2 is 2.06 bits per heavy atom. The van der Waals surface area contributed by atoms with Crippen LogP contribution in [0.4, 0.5) is 0 Å². The van der Waals surface area contributed by atoms with Gasteiger partial charge in [-0.3, -0.25) is 0 Å². The highest BCUT2D eigenvalue weighted by Crippen LogP contribution is 2.09. The van der Waals surface area contributed by atoms with E-state index in [2.05, 4.69) is 36.0 Å². The Labute approximate surface area is 101 Å². The molecule has 2 atom stereocenters. The van der Waals surface area contributed by atoms with Gasteiger partial charge in [0.15, 0.2) is 0 Å². The fourth-order valence-electron chi connectivity index (χ4n) is 2.26. The zero-order valence-corrected chi connectivity index (χ0v) is 11.5. The standard InChI is InChI=1S/C13H29N3/c1-12(14-3)7-5-6-8-16-10-9-15(4)13(2)11-16/h12-14H,5-11H2,1-4H3. The van der Waals surface area contributed by atoms with Crippen LogP contribution >= 0.6 is 0 Å². The van der Waals surface area contributed by atoms with Gasteiger partial charge < -0.3 is 15.1 Å². The predicted octanol–water partition coefficient (Wildman–Crippen LogP) is 1.40. The lowest BCUT2D eigenvalue weighted by molar-refractivity contribution is 0.104. The first-order chi connectivity index (χ1) is 7.63. The summed E-state index contributed by atoms with van der Waals surface area (Å²) in [5, 5.41) is 3.30. The number of likely N-dealkylation sites (N-methyl/N-ethyl adjacent to an activating group) is 1. The highest BCUT2D eigenvalue weighted by atomic mass is 15.3. The van der Waals surface area contributed by atoms with Gasteiger partial charge in [-0.2, -0.15) is 0 Å². The van der Waals surface area contributed by atoms with Crippen molar-refractivity contribution in [2.45, 2.75) is 45.2 Å². The summed E-state index contributed by atoms with van der Waals surface area (Å²) in [6.45, 7) is 9.61. The second-order valence-electron chi connectivity index (χ2n) is 5.32. The Balaban J connectivity index is 2.05. The quantitative estimate of drug-likeness (QED) is 0.692. The third-order valence-electron chi connectivity index (χ3n) is 3.90. The van der Waals surface area contributed by atoms with E-state index in [1.807, 2.05) is 7.05 Å². The molecule has 0 aromatic rings. The fourth-order valence-corrected chi connectivity index (χ4v) is 2.26. The molecule has 3 heteroatoms. The van der Waals surface area contributed by atoms with Gasteiger partial charge in [0.2, 0.25) is 0 Å². The van der Waals surface area contributed by atoms with E-state index in [4.69, 9.17) is 0 Å². The van der Waals surface area contributed by atoms with Crippen LogP contribution in [0.15, 0.2) is 0 Å². The average molecular weight is 227 g/mol. The van der Waals surface area contributed by atoms with Crippen LogP contribution in [-0.4, -0.2) is 62.2 Å². The number of hydrogen-bond acceptors (Lipinski definition) is 3. The molecule has 0 spiro atoms. The largest absolute Gasteiger partial charge is 0.317 e. The van der Waals surface area contributed by atoms with Crippen molar-refractivity contribution in [3.8, 4) is 0 Å². The van der Waals surface area contributed by atoms with Gasteiger partial charge in [0, 0.05) is 31.7 Å². The second kappa shape index (κ2) is 7.25. The lowest BCUT2D eigenvalue weighted by Crippen LogP contribution is -2.50. The van der Waals surface area contributed by atoms with Crippen molar-refractivity contribution in [2.75, 3.05) is 40.3 Å². The Morgan fingerprint density at radius 1 is 1.31 bits per heavy atom. The third kappa shape index (κ3) is 4.81. The highest BCUT2D eigenvalue weighted by molar-refractivity contribution is 4.76. The first-order valence-electron chi connectivity index (χ1n) is 6.73. The van der Waals surface area contributed by atoms with Gasteiger partial charge >= 0.3 is 0 Å². The van der Waals surface area contributed by atoms with E-state index >= 15 is 0 Å². The van der Waals surface area contributed by atoms with E-state index in [0.29, 0.717) is 6.04 Å². The van der Waals surface area contributed by atoms with Crippen molar-refractivity contribution in [1.82, 2.24) is 15.1 Å². The molecule has 1 heterocycles. The number of nitrogens with zero attached hydrogens (tertiary/aromatic N) is 2. The van der Waals surface area contributed by atoms with Crippen molar-refractivity contribution in [3.05, 3.63) is 0 Å². The Bertz CT molecular complexity index is 184. The number of rotatable bonds is 6. The van der Waals surface area contributed by atoms with Crippen molar-refractivity contribution in [1.29, 1.82) is 0 Å². The molecule has 0 bridgehead atoms. The van der Waals surface area contributed by atoms with E-state index < -0.39 is 0 Å². The molecule has 1 fully saturated rings. The molecule has 1 saturated heterocycles. The van der Waals surface area contributed by atoms with Crippen molar-refractivity contribution in [2.24, 2.45) is 0 Å². The van der Waals surface area contributed by atoms with Crippen LogP contribution in [0.25, 0.3) is 0 Å². The van der Waals surface area contributed by atoms with Crippen LogP contribution in [0.3, 0.4) is 0 Å². The van der Waals surface area contributed by atoms with E-state index in [9.17, 15) is 0 Å². The molecule has 0 saturated carbocycles. The molecule has 0 aliphatic carbocycles. The van der Waals surface area contributed by atoms with Crippen LogP contribution in [0.2, 0.25) is 0 Å². The Hall–Kier alpha value is -0.120. The minimum Gasteiger partial charge on any atom is -0.317 e. The van der Waals surface area contributed by atoms with Gasteiger partial charge in [-0.05, 0) is 47.3 Å². The summed E-state index contributed by atoms with van der Waals surface area (Å²) in [6.07, 6.45) is 4.00. The van der Waals surface area contributed by atoms with Gasteiger partial charge in [-0.1, -0.05) is 6.42 Å². The van der Waals surface area contributed by atoms with E-state index in [-0.39, 0.29) is 0 Å². The summed E-state index contributed by atoms with van der Waals surface area (Å²) in [6, 6.07) is 1.40. The molecule has 3 nitrogen and oxygen atoms in total. The van der Waals surface area contributed by atoms with E-state index in [0.717, 1.165) is 6.04 Å². The third-order valence-corrected chi connectivity index (χ3v) is 3.90. The normalized spacial score (nSPS) is 25.9. The molecule has 16 heavy (non-hydrogen) atoms. The molecule has 1 aliphatic rings. The Morgan fingerprint density at radius 3 is 2.69 bits per heavy atom. The number of nitrogens with one attached hydrogen (secondary N) is 1. The highest BCUT2D eigenvalue weighted by Gasteiger charge is 2.19. The molecule has 0 aromatic carbocycles. The van der Waals surface area contributed by atoms with Crippen molar-refractivity contribution < 1.29 is 0 Å². The fraction of sp³-hybridized carbons (Fsp3) is 1.00. The van der Waals surface area contributed by atoms with Crippen LogP contribution in [0, 0.1) is 0 Å². The van der Waals surface area contributed by atoms with Gasteiger partial charge in [0.1, 0.15) is 0 Å². The molecule has 0 radical (unpaired) electrons. The molecular weight excluding hydrogens is 198 g/mol. The maximum atomic E-state index is 3.30. The zero-order valence-electron chi connectivity index (χ0n) is 11.5. The topological polar surface area (TPSA) is 18.5 Å². The minimum absolute atomic E-state index is 0.673. The van der Waals surface area contributed by atoms with Gasteiger partial charge in [0.05, 0.1) is 0 Å². The van der Waals surface area contributed by atoms with Gasteiger partial charge in [-0.15, -0.1) is 0 Å². The molecular formula is C13H29N3. The minimum atomic E-state index is 0.673. The lowest BCUT2D eigenvalue weighted by Gasteiger charge is -2.37. The molecule has 1 N–H and O–H groups in total. The first-order valence-corrected chi connectivity index (χ1v) is 6.73. The summed E-state index contributed by atoms with van der Waals surface area (Å²) >= 11 is 0. The maximum absolute atomic E-state index is 3.30. The van der Waals surface area contributed by atoms with Crippen molar-refractivity contribution in [3.63, 3.8) is 0 Å². The molecule has 1 rings (SSSR count). The number of hydrogen-bond donors (Lipinski definition) is 1. The number of piperazine rings is 1. The molecule has 1 aliphatic heterocycles.